The molecule has 0 aliphatic carbocycles. The van der Waals surface area contributed by atoms with Crippen molar-refractivity contribution >= 4 is 0 Å². The fourth-order valence-electron chi connectivity index (χ4n) is 2.02. The lowest BCUT2D eigenvalue weighted by Gasteiger charge is -2.37. The van der Waals surface area contributed by atoms with E-state index >= 15 is 0 Å². The van der Waals surface area contributed by atoms with Crippen LogP contribution in [0.25, 0.3) is 0 Å². The Kier molecular flexibility index (Phi) is 2.01. The Balaban J connectivity index is 2.73. The van der Waals surface area contributed by atoms with Gasteiger partial charge < -0.3 is 9.22 Å². The molecule has 1 fully saturated rings. The number of nitrogens with zero attached hydrogens (tertiary/aromatic N) is 1. The molecule has 1 aliphatic rings. The van der Waals surface area contributed by atoms with Gasteiger partial charge in [0, 0.05) is 5.41 Å². The molecular weight excluding hydrogens is 138 g/mol. The third-order valence-electron chi connectivity index (χ3n) is 2.32. The number of hydrogen-bond acceptors (Lipinski definition) is 1. The monoisotopic (exact) mass is 158 g/mol. The van der Waals surface area contributed by atoms with Gasteiger partial charge in [0.05, 0.1) is 14.1 Å². The number of rotatable bonds is 0. The van der Waals surface area contributed by atoms with E-state index in [0.29, 0.717) is 6.23 Å². The average Bonchev–Trinajstić information content (AvgIpc) is 2.06. The normalized spacial score (nSPS) is 30.8. The van der Waals surface area contributed by atoms with Crippen LogP contribution < -0.4 is 0 Å². The zero-order valence-corrected chi connectivity index (χ0v) is 8.35. The van der Waals surface area contributed by atoms with Crippen molar-refractivity contribution < 1.29 is 9.22 Å². The summed E-state index contributed by atoms with van der Waals surface area (Å²) in [5.41, 5.74) is 0.264. The van der Waals surface area contributed by atoms with Crippen molar-refractivity contribution in [2.45, 2.75) is 27.0 Å². The Morgan fingerprint density at radius 3 is 2.00 bits per heavy atom. The molecule has 1 aliphatic heterocycles. The minimum absolute atomic E-state index is 0.264. The topological polar surface area (TPSA) is 9.23 Å². The van der Waals surface area contributed by atoms with Gasteiger partial charge in [0.25, 0.3) is 0 Å². The summed E-state index contributed by atoms with van der Waals surface area (Å²) >= 11 is 0. The first-order valence-electron chi connectivity index (χ1n) is 4.28. The van der Waals surface area contributed by atoms with Crippen LogP contribution in [0.2, 0.25) is 0 Å². The fourth-order valence-corrected chi connectivity index (χ4v) is 2.02. The summed E-state index contributed by atoms with van der Waals surface area (Å²) in [4.78, 5) is 0. The third kappa shape index (κ3) is 1.74. The number of hydrogen-bond donors (Lipinski definition) is 0. The summed E-state index contributed by atoms with van der Waals surface area (Å²) in [5, 5.41) is 0. The summed E-state index contributed by atoms with van der Waals surface area (Å²) in [6.07, 6.45) is 0.363. The summed E-state index contributed by atoms with van der Waals surface area (Å²) in [6, 6.07) is 0. The van der Waals surface area contributed by atoms with Crippen LogP contribution in [0, 0.1) is 5.41 Å². The highest BCUT2D eigenvalue weighted by Crippen LogP contribution is 2.31. The van der Waals surface area contributed by atoms with Gasteiger partial charge in [-0.1, -0.05) is 20.8 Å². The van der Waals surface area contributed by atoms with Gasteiger partial charge >= 0.3 is 0 Å². The largest absolute Gasteiger partial charge is 0.323 e. The second-order valence-electron chi connectivity index (χ2n) is 5.09. The molecule has 2 heteroatoms. The molecule has 11 heavy (non-hydrogen) atoms. The minimum Gasteiger partial charge on any atom is -0.323 e. The maximum Gasteiger partial charge on any atom is 0.198 e. The van der Waals surface area contributed by atoms with E-state index in [-0.39, 0.29) is 5.41 Å². The average molecular weight is 158 g/mol. The zero-order chi connectivity index (χ0) is 8.70. The van der Waals surface area contributed by atoms with Crippen molar-refractivity contribution in [1.82, 2.24) is 0 Å². The molecule has 0 aromatic carbocycles. The zero-order valence-electron chi connectivity index (χ0n) is 8.35. The molecule has 0 bridgehead atoms. The molecule has 1 saturated heterocycles. The molecule has 0 amide bonds. The van der Waals surface area contributed by atoms with Crippen LogP contribution in [-0.2, 0) is 4.74 Å². The van der Waals surface area contributed by atoms with Gasteiger partial charge in [0.1, 0.15) is 13.2 Å². The van der Waals surface area contributed by atoms with E-state index in [4.69, 9.17) is 4.74 Å². The van der Waals surface area contributed by atoms with E-state index in [1.54, 1.807) is 0 Å². The number of quaternary nitrogens is 1. The van der Waals surface area contributed by atoms with Gasteiger partial charge in [-0.25, -0.2) is 0 Å². The van der Waals surface area contributed by atoms with Crippen LogP contribution in [-0.4, -0.2) is 38.0 Å². The summed E-state index contributed by atoms with van der Waals surface area (Å²) in [6.45, 7) is 8.77. The van der Waals surface area contributed by atoms with Crippen molar-refractivity contribution in [2.75, 3.05) is 27.2 Å². The van der Waals surface area contributed by atoms with Crippen molar-refractivity contribution in [1.29, 1.82) is 0 Å². The molecule has 0 saturated carbocycles. The molecular formula is C9H20NO+. The van der Waals surface area contributed by atoms with Gasteiger partial charge in [0.15, 0.2) is 6.23 Å². The summed E-state index contributed by atoms with van der Waals surface area (Å²) < 4.78 is 6.71. The van der Waals surface area contributed by atoms with Crippen molar-refractivity contribution in [2.24, 2.45) is 5.41 Å². The molecule has 0 aromatic rings. The van der Waals surface area contributed by atoms with E-state index in [1.807, 2.05) is 0 Å². The third-order valence-corrected chi connectivity index (χ3v) is 2.32. The Labute approximate surface area is 69.7 Å². The number of ether oxygens (including phenoxy) is 1. The fraction of sp³-hybridized carbons (Fsp3) is 1.00. The van der Waals surface area contributed by atoms with Crippen LogP contribution in [0.4, 0.5) is 0 Å². The van der Waals surface area contributed by atoms with Crippen molar-refractivity contribution in [3.63, 3.8) is 0 Å². The molecule has 0 spiro atoms. The Bertz CT molecular complexity index is 146. The molecule has 1 unspecified atom stereocenters. The van der Waals surface area contributed by atoms with E-state index in [0.717, 1.165) is 17.6 Å². The smallest absolute Gasteiger partial charge is 0.198 e. The second kappa shape index (κ2) is 2.46. The first kappa shape index (κ1) is 9.01. The highest BCUT2D eigenvalue weighted by molar-refractivity contribution is 4.69. The molecule has 2 nitrogen and oxygen atoms in total. The van der Waals surface area contributed by atoms with Gasteiger partial charge in [-0.05, 0) is 0 Å². The van der Waals surface area contributed by atoms with Gasteiger partial charge in [0.2, 0.25) is 0 Å². The maximum absolute atomic E-state index is 5.70. The predicted octanol–water partition coefficient (Wildman–Crippen LogP) is 1.47. The lowest BCUT2D eigenvalue weighted by molar-refractivity contribution is -0.921. The summed E-state index contributed by atoms with van der Waals surface area (Å²) in [5.74, 6) is 0. The standard InChI is InChI=1S/C9H20NO/c1-9(2,3)8-10(4,5)6-7-11-8/h8H,6-7H2,1-5H3/q+1. The minimum atomic E-state index is 0.264. The van der Waals surface area contributed by atoms with Crippen LogP contribution in [0.15, 0.2) is 0 Å². The number of likely N-dealkylation sites (N-methyl/N-ethyl adjacent to an activating group) is 1. The lowest BCUT2D eigenvalue weighted by atomic mass is 9.93. The molecule has 0 N–H and O–H groups in total. The van der Waals surface area contributed by atoms with Gasteiger partial charge in [-0.2, -0.15) is 0 Å². The Morgan fingerprint density at radius 1 is 1.27 bits per heavy atom. The Hall–Kier alpha value is -0.0800. The molecule has 0 radical (unpaired) electrons. The molecule has 66 valence electrons. The van der Waals surface area contributed by atoms with Crippen LogP contribution in [0.5, 0.6) is 0 Å². The lowest BCUT2D eigenvalue weighted by Crippen LogP contribution is -2.50. The van der Waals surface area contributed by atoms with Crippen LogP contribution in [0.1, 0.15) is 20.8 Å². The molecule has 1 heterocycles. The summed E-state index contributed by atoms with van der Waals surface area (Å²) in [7, 11) is 4.48. The van der Waals surface area contributed by atoms with Crippen molar-refractivity contribution in [3.8, 4) is 0 Å². The first-order chi connectivity index (χ1) is 4.84. The predicted molar refractivity (Wildman–Crippen MR) is 46.2 cm³/mol. The van der Waals surface area contributed by atoms with Crippen molar-refractivity contribution in [3.05, 3.63) is 0 Å². The quantitative estimate of drug-likeness (QED) is 0.485. The maximum atomic E-state index is 5.70. The van der Waals surface area contributed by atoms with E-state index in [2.05, 4.69) is 34.9 Å². The van der Waals surface area contributed by atoms with Gasteiger partial charge in [-0.3, -0.25) is 0 Å². The van der Waals surface area contributed by atoms with E-state index in [9.17, 15) is 0 Å². The first-order valence-corrected chi connectivity index (χ1v) is 4.28. The second-order valence-corrected chi connectivity index (χ2v) is 5.09. The Morgan fingerprint density at radius 2 is 1.82 bits per heavy atom. The highest BCUT2D eigenvalue weighted by atomic mass is 16.5. The highest BCUT2D eigenvalue weighted by Gasteiger charge is 2.43. The molecule has 1 atom stereocenters. The molecule has 1 rings (SSSR count). The van der Waals surface area contributed by atoms with E-state index < -0.39 is 0 Å². The SMILES string of the molecule is CC(C)(C)C1OCC[N+]1(C)C. The van der Waals surface area contributed by atoms with E-state index in [1.165, 1.54) is 0 Å². The van der Waals surface area contributed by atoms with Crippen LogP contribution in [0.3, 0.4) is 0 Å². The van der Waals surface area contributed by atoms with Crippen LogP contribution >= 0.6 is 0 Å². The molecule has 0 aromatic heterocycles. The van der Waals surface area contributed by atoms with Gasteiger partial charge in [-0.15, -0.1) is 0 Å².